The molecule has 84 heavy (non-hydrogen) atoms. The molecular weight excluding hydrogens is 1050 g/mol. The first-order chi connectivity index (χ1) is 40.8. The Hall–Kier alpha value is -13.0. The van der Waals surface area contributed by atoms with E-state index in [1.807, 2.05) is 24.3 Å². The maximum Gasteiger partial charge on any atom is 0.416 e. The monoisotopic (exact) mass is 1080 g/mol. The molecule has 10 aromatic carbocycles. The molecule has 0 saturated carbocycles. The molecule has 2 heterocycles. The van der Waals surface area contributed by atoms with Crippen molar-refractivity contribution in [2.24, 2.45) is 0 Å². The number of fused-ring (bicyclic) bond motifs is 6. The van der Waals surface area contributed by atoms with Crippen LogP contribution in [0.4, 0.5) is 13.2 Å². The van der Waals surface area contributed by atoms with Crippen LogP contribution in [0.1, 0.15) is 55.6 Å². The second-order valence-corrected chi connectivity index (χ2v) is 19.8. The van der Waals surface area contributed by atoms with E-state index in [0.29, 0.717) is 93.7 Å². The lowest BCUT2D eigenvalue weighted by molar-refractivity contribution is -0.137. The fourth-order valence-electron chi connectivity index (χ4n) is 11.1. The van der Waals surface area contributed by atoms with Crippen LogP contribution in [0.2, 0.25) is 0 Å². The molecule has 0 fully saturated rings. The highest BCUT2D eigenvalue weighted by Gasteiger charge is 2.35. The fraction of sp³-hybridized carbons (Fsp3) is 0.0143. The van der Waals surface area contributed by atoms with Crippen LogP contribution in [0.5, 0.6) is 0 Å². The molecule has 0 spiro atoms. The van der Waals surface area contributed by atoms with Crippen LogP contribution in [0.3, 0.4) is 0 Å². The molecule has 0 saturated heterocycles. The molecule has 0 aliphatic heterocycles. The van der Waals surface area contributed by atoms with E-state index in [-0.39, 0.29) is 67.0 Å². The third-order valence-corrected chi connectivity index (χ3v) is 14.8. The Bertz CT molecular complexity index is 4640. The summed E-state index contributed by atoms with van der Waals surface area (Å²) in [5.74, 6) is 0. The van der Waals surface area contributed by atoms with E-state index in [4.69, 9.17) is 0 Å². The van der Waals surface area contributed by atoms with E-state index >= 15 is 13.2 Å². The van der Waals surface area contributed by atoms with Crippen molar-refractivity contribution in [1.82, 2.24) is 9.13 Å². The minimum atomic E-state index is -4.96. The highest BCUT2D eigenvalue weighted by Crippen LogP contribution is 2.47. The smallest absolute Gasteiger partial charge is 0.309 e. The Morgan fingerprint density at radius 1 is 0.262 bits per heavy atom. The van der Waals surface area contributed by atoms with Crippen molar-refractivity contribution in [1.29, 1.82) is 47.4 Å². The van der Waals surface area contributed by atoms with Crippen LogP contribution < -0.4 is 0 Å². The minimum absolute atomic E-state index is 0.0600. The summed E-state index contributed by atoms with van der Waals surface area (Å²) in [6.45, 7) is 0. The molecule has 0 aliphatic carbocycles. The zero-order chi connectivity index (χ0) is 58.6. The van der Waals surface area contributed by atoms with Crippen molar-refractivity contribution >= 4 is 43.6 Å². The molecule has 0 bridgehead atoms. The number of hydrogen-bond donors (Lipinski definition) is 0. The van der Waals surface area contributed by atoms with Crippen LogP contribution in [-0.4, -0.2) is 9.13 Å². The Labute approximate surface area is 476 Å². The molecular formula is C70H30F3N11. The van der Waals surface area contributed by atoms with Gasteiger partial charge in [0.25, 0.3) is 0 Å². The van der Waals surface area contributed by atoms with Gasteiger partial charge in [-0.15, -0.1) is 0 Å². The van der Waals surface area contributed by atoms with Crippen LogP contribution in [0.25, 0.3) is 111 Å². The van der Waals surface area contributed by atoms with Gasteiger partial charge in [-0.3, -0.25) is 0 Å². The number of benzene rings is 10. The number of nitrogens with zero attached hydrogens (tertiary/aromatic N) is 11. The van der Waals surface area contributed by atoms with Crippen molar-refractivity contribution in [3.05, 3.63) is 238 Å². The Balaban J connectivity index is 1.23. The summed E-state index contributed by atoms with van der Waals surface area (Å²) in [6, 6.07) is 68.3. The van der Waals surface area contributed by atoms with Gasteiger partial charge in [-0.05, 0) is 196 Å². The molecule has 2 aromatic heterocycles. The predicted molar refractivity (Wildman–Crippen MR) is 310 cm³/mol. The number of nitriles is 9. The lowest BCUT2D eigenvalue weighted by atomic mass is 9.96. The molecule has 11 nitrogen and oxygen atoms in total. The number of halogens is 3. The first-order valence-electron chi connectivity index (χ1n) is 25.5. The molecule has 12 rings (SSSR count). The van der Waals surface area contributed by atoms with Gasteiger partial charge in [0, 0.05) is 27.1 Å². The summed E-state index contributed by atoms with van der Waals surface area (Å²) in [5, 5.41) is 92.4. The molecule has 0 N–H and O–H groups in total. The Kier molecular flexibility index (Phi) is 12.5. The fourth-order valence-corrected chi connectivity index (χ4v) is 11.1. The topological polar surface area (TPSA) is 224 Å². The van der Waals surface area contributed by atoms with Crippen LogP contribution in [0, 0.1) is 102 Å². The molecule has 0 unspecified atom stereocenters. The van der Waals surface area contributed by atoms with Gasteiger partial charge in [0.1, 0.15) is 0 Å². The quantitative estimate of drug-likeness (QED) is 0.148. The molecule has 14 heteroatoms. The lowest BCUT2D eigenvalue weighted by Crippen LogP contribution is -2.11. The number of aromatic nitrogens is 2. The first-order valence-corrected chi connectivity index (χ1v) is 25.5. The number of rotatable bonds is 7. The van der Waals surface area contributed by atoms with Gasteiger partial charge in [0.15, 0.2) is 0 Å². The van der Waals surface area contributed by atoms with Crippen LogP contribution in [0.15, 0.2) is 182 Å². The average Bonchev–Trinajstić information content (AvgIpc) is 1.64. The predicted octanol–water partition coefficient (Wildman–Crippen LogP) is 16.1. The van der Waals surface area contributed by atoms with E-state index in [1.54, 1.807) is 130 Å². The van der Waals surface area contributed by atoms with Gasteiger partial charge in [-0.1, -0.05) is 36.4 Å². The molecule has 386 valence electrons. The molecule has 0 radical (unpaired) electrons. The van der Waals surface area contributed by atoms with Gasteiger partial charge in [0.2, 0.25) is 0 Å². The standard InChI is InChI=1S/C70H30F3N11/c71-70(72,73)58-29-67(83-63-8-4-49(54-17-41(32-75)12-42(18-54)33-76)25-59(63)60-26-50(5-9-64(60)83)55-19-43(34-77)13-44(20-55)35-78)69(53-3-1-2-40(16-53)31-74)68(30-58)84-65-10-6-51(56-21-45(36-79)14-46(22-56)37-80)27-61(65)62-28-52(7-11-66(62)84)57-23-47(38-81)15-48(24-57)39-82/h1-30H. The van der Waals surface area contributed by atoms with Crippen LogP contribution in [-0.2, 0) is 6.18 Å². The van der Waals surface area contributed by atoms with E-state index in [9.17, 15) is 47.4 Å². The second-order valence-electron chi connectivity index (χ2n) is 19.8. The molecule has 12 aromatic rings. The maximum absolute atomic E-state index is 16.2. The maximum atomic E-state index is 16.2. The first kappa shape index (κ1) is 51.7. The largest absolute Gasteiger partial charge is 0.416 e. The zero-order valence-electron chi connectivity index (χ0n) is 43.4. The van der Waals surface area contributed by atoms with Crippen molar-refractivity contribution in [3.8, 4) is 122 Å². The van der Waals surface area contributed by atoms with Gasteiger partial charge >= 0.3 is 6.18 Å². The normalized spacial score (nSPS) is 10.9. The summed E-state index contributed by atoms with van der Waals surface area (Å²) in [7, 11) is 0. The lowest BCUT2D eigenvalue weighted by Gasteiger charge is -2.23. The minimum Gasteiger partial charge on any atom is -0.309 e. The van der Waals surface area contributed by atoms with E-state index < -0.39 is 11.7 Å². The third-order valence-electron chi connectivity index (χ3n) is 14.8. The SMILES string of the molecule is N#Cc1cc(C#N)cc(-c2ccc3c(c2)c2cc(-c4cc(C#N)cc(C#N)c4)ccc2n3-c2cc(C(F)(F)F)cc(-n3c4ccc(-c5cc(C#N)cc(C#N)c5)cc4c4cc(-c5cc(C#N)cc(C#N)c5)ccc43)c2-c2cccc(C#N)c2)c1. The highest BCUT2D eigenvalue weighted by atomic mass is 19.4. The summed E-state index contributed by atoms with van der Waals surface area (Å²) in [6.07, 6.45) is -4.96. The van der Waals surface area contributed by atoms with Gasteiger partial charge in [-0.2, -0.15) is 60.5 Å². The summed E-state index contributed by atoms with van der Waals surface area (Å²) >= 11 is 0. The van der Waals surface area contributed by atoms with Crippen LogP contribution >= 0.6 is 0 Å². The highest BCUT2D eigenvalue weighted by molar-refractivity contribution is 6.14. The van der Waals surface area contributed by atoms with E-state index in [0.717, 1.165) is 12.1 Å². The summed E-state index contributed by atoms with van der Waals surface area (Å²) < 4.78 is 51.9. The molecule has 0 aliphatic rings. The van der Waals surface area contributed by atoms with E-state index in [1.165, 1.54) is 24.3 Å². The van der Waals surface area contributed by atoms with E-state index in [2.05, 4.69) is 54.6 Å². The Morgan fingerprint density at radius 2 is 0.524 bits per heavy atom. The summed E-state index contributed by atoms with van der Waals surface area (Å²) in [4.78, 5) is 0. The molecule has 0 atom stereocenters. The summed E-state index contributed by atoms with van der Waals surface area (Å²) in [5.41, 5.74) is 8.10. The third kappa shape index (κ3) is 8.93. The van der Waals surface area contributed by atoms with Gasteiger partial charge in [0.05, 0.1) is 144 Å². The average molecular weight is 1080 g/mol. The van der Waals surface area contributed by atoms with Crippen molar-refractivity contribution in [2.75, 3.05) is 0 Å². The van der Waals surface area contributed by atoms with Crippen molar-refractivity contribution in [2.45, 2.75) is 6.18 Å². The number of alkyl halides is 3. The van der Waals surface area contributed by atoms with Crippen molar-refractivity contribution < 1.29 is 13.2 Å². The van der Waals surface area contributed by atoms with Crippen molar-refractivity contribution in [3.63, 3.8) is 0 Å². The second kappa shape index (κ2) is 20.3. The van der Waals surface area contributed by atoms with Gasteiger partial charge in [-0.25, -0.2) is 0 Å². The van der Waals surface area contributed by atoms with Gasteiger partial charge < -0.3 is 9.13 Å². The molecule has 0 amide bonds. The Morgan fingerprint density at radius 3 is 0.774 bits per heavy atom. The zero-order valence-corrected chi connectivity index (χ0v) is 43.4. The number of hydrogen-bond acceptors (Lipinski definition) is 9.